The lowest BCUT2D eigenvalue weighted by atomic mass is 10.1. The van der Waals surface area contributed by atoms with E-state index in [1.165, 1.54) is 19.3 Å². The Labute approximate surface area is 128 Å². The van der Waals surface area contributed by atoms with Gasteiger partial charge in [0.25, 0.3) is 5.91 Å². The van der Waals surface area contributed by atoms with Gasteiger partial charge in [-0.3, -0.25) is 9.69 Å². The number of nitrogens with zero attached hydrogens (tertiary/aromatic N) is 2. The molecular weight excluding hydrogens is 320 g/mol. The Morgan fingerprint density at radius 2 is 2.20 bits per heavy atom. The van der Waals surface area contributed by atoms with Gasteiger partial charge in [0.05, 0.1) is 5.56 Å². The van der Waals surface area contributed by atoms with Crippen LogP contribution in [0.15, 0.2) is 16.7 Å². The quantitative estimate of drug-likeness (QED) is 0.879. The molecule has 3 N–H and O–H groups in total. The highest BCUT2D eigenvalue weighted by Crippen LogP contribution is 2.16. The Balaban J connectivity index is 1.89. The molecule has 0 aliphatic carbocycles. The molecule has 0 radical (unpaired) electrons. The van der Waals surface area contributed by atoms with Gasteiger partial charge >= 0.3 is 0 Å². The van der Waals surface area contributed by atoms with Crippen molar-refractivity contribution in [3.05, 3.63) is 22.3 Å². The predicted molar refractivity (Wildman–Crippen MR) is 83.6 cm³/mol. The lowest BCUT2D eigenvalue weighted by Gasteiger charge is -2.32. The lowest BCUT2D eigenvalue weighted by molar-refractivity contribution is 0.0930. The maximum absolute atomic E-state index is 12.1. The highest BCUT2D eigenvalue weighted by atomic mass is 79.9. The minimum Gasteiger partial charge on any atom is -0.383 e. The molecule has 1 amide bonds. The number of halogens is 1. The zero-order valence-corrected chi connectivity index (χ0v) is 13.3. The summed E-state index contributed by atoms with van der Waals surface area (Å²) in [5, 5.41) is 2.94. The van der Waals surface area contributed by atoms with E-state index in [1.807, 2.05) is 0 Å². The molecule has 1 aromatic heterocycles. The molecule has 1 aliphatic heterocycles. The van der Waals surface area contributed by atoms with Crippen LogP contribution in [-0.2, 0) is 0 Å². The van der Waals surface area contributed by atoms with Gasteiger partial charge < -0.3 is 11.1 Å². The van der Waals surface area contributed by atoms with Crippen molar-refractivity contribution in [2.75, 3.05) is 25.4 Å². The number of amides is 1. The lowest BCUT2D eigenvalue weighted by Crippen LogP contribution is -2.44. The number of rotatable bonds is 4. The summed E-state index contributed by atoms with van der Waals surface area (Å²) in [6.07, 6.45) is 5.40. The topological polar surface area (TPSA) is 71.2 Å². The molecule has 2 rings (SSSR count). The Hall–Kier alpha value is -1.14. The number of hydrogen-bond acceptors (Lipinski definition) is 4. The molecule has 1 atom stereocenters. The summed E-state index contributed by atoms with van der Waals surface area (Å²) in [4.78, 5) is 18.5. The van der Waals surface area contributed by atoms with E-state index in [-0.39, 0.29) is 11.7 Å². The van der Waals surface area contributed by atoms with E-state index in [1.54, 1.807) is 12.3 Å². The second-order valence-corrected chi connectivity index (χ2v) is 6.16. The monoisotopic (exact) mass is 340 g/mol. The summed E-state index contributed by atoms with van der Waals surface area (Å²) < 4.78 is 0.751. The average molecular weight is 341 g/mol. The number of likely N-dealkylation sites (tertiary alicyclic amines) is 1. The van der Waals surface area contributed by atoms with E-state index >= 15 is 0 Å². The van der Waals surface area contributed by atoms with E-state index in [2.05, 4.69) is 38.1 Å². The molecule has 1 unspecified atom stereocenters. The molecule has 2 heterocycles. The summed E-state index contributed by atoms with van der Waals surface area (Å²) in [7, 11) is 0. The number of nitrogen functional groups attached to an aromatic ring is 1. The van der Waals surface area contributed by atoms with Crippen LogP contribution in [-0.4, -0.2) is 41.5 Å². The number of hydrogen-bond donors (Lipinski definition) is 2. The standard InChI is InChI=1S/C14H21BrN4O/c1-10(19-5-3-2-4-6-19)8-18-14(20)12-7-11(15)9-17-13(12)16/h7,9-10H,2-6,8H2,1H3,(H2,16,17)(H,18,20). The number of carbonyl (C=O) groups is 1. The van der Waals surface area contributed by atoms with Crippen LogP contribution in [0.2, 0.25) is 0 Å². The Bertz CT molecular complexity index is 474. The number of nitrogens with one attached hydrogen (secondary N) is 1. The van der Waals surface area contributed by atoms with Gasteiger partial charge in [-0.2, -0.15) is 0 Å². The fourth-order valence-electron chi connectivity index (χ4n) is 2.46. The van der Waals surface area contributed by atoms with Gasteiger partial charge in [-0.25, -0.2) is 4.98 Å². The van der Waals surface area contributed by atoms with Crippen molar-refractivity contribution >= 4 is 27.7 Å². The first-order chi connectivity index (χ1) is 9.58. The van der Waals surface area contributed by atoms with Crippen molar-refractivity contribution in [1.29, 1.82) is 0 Å². The smallest absolute Gasteiger partial charge is 0.255 e. The largest absolute Gasteiger partial charge is 0.383 e. The van der Waals surface area contributed by atoms with E-state index in [0.29, 0.717) is 18.2 Å². The summed E-state index contributed by atoms with van der Waals surface area (Å²) in [5.41, 5.74) is 6.16. The second-order valence-electron chi connectivity index (χ2n) is 5.24. The number of nitrogens with two attached hydrogens (primary N) is 1. The van der Waals surface area contributed by atoms with Gasteiger partial charge in [0.15, 0.2) is 0 Å². The highest BCUT2D eigenvalue weighted by molar-refractivity contribution is 9.10. The number of anilines is 1. The number of aromatic nitrogens is 1. The first-order valence-electron chi connectivity index (χ1n) is 7.01. The molecule has 1 saturated heterocycles. The molecule has 0 saturated carbocycles. The summed E-state index contributed by atoms with van der Waals surface area (Å²) in [6.45, 7) is 5.02. The molecule has 0 aromatic carbocycles. The Morgan fingerprint density at radius 3 is 2.90 bits per heavy atom. The number of pyridine rings is 1. The molecule has 0 spiro atoms. The van der Waals surface area contributed by atoms with Gasteiger partial charge in [0.2, 0.25) is 0 Å². The van der Waals surface area contributed by atoms with Gasteiger partial charge in [-0.15, -0.1) is 0 Å². The van der Waals surface area contributed by atoms with E-state index in [9.17, 15) is 4.79 Å². The minimum absolute atomic E-state index is 0.167. The van der Waals surface area contributed by atoms with Crippen LogP contribution in [0.1, 0.15) is 36.5 Å². The maximum atomic E-state index is 12.1. The van der Waals surface area contributed by atoms with Crippen molar-refractivity contribution in [2.24, 2.45) is 0 Å². The fraction of sp³-hybridized carbons (Fsp3) is 0.571. The van der Waals surface area contributed by atoms with Crippen LogP contribution in [0.3, 0.4) is 0 Å². The first-order valence-corrected chi connectivity index (χ1v) is 7.80. The average Bonchev–Trinajstić information content (AvgIpc) is 2.47. The maximum Gasteiger partial charge on any atom is 0.255 e. The molecule has 6 heteroatoms. The summed E-state index contributed by atoms with van der Waals surface area (Å²) in [6, 6.07) is 2.05. The molecule has 0 bridgehead atoms. The molecule has 1 aliphatic rings. The Kier molecular flexibility index (Phi) is 5.37. The molecule has 5 nitrogen and oxygen atoms in total. The van der Waals surface area contributed by atoms with Crippen LogP contribution in [0, 0.1) is 0 Å². The normalized spacial score (nSPS) is 17.7. The van der Waals surface area contributed by atoms with Crippen molar-refractivity contribution in [3.63, 3.8) is 0 Å². The van der Waals surface area contributed by atoms with Crippen LogP contribution in [0.25, 0.3) is 0 Å². The van der Waals surface area contributed by atoms with Gasteiger partial charge in [0, 0.05) is 23.3 Å². The summed E-state index contributed by atoms with van der Waals surface area (Å²) in [5.74, 6) is 0.0940. The van der Waals surface area contributed by atoms with E-state index in [4.69, 9.17) is 5.73 Å². The van der Waals surface area contributed by atoms with Crippen molar-refractivity contribution in [2.45, 2.75) is 32.2 Å². The minimum atomic E-state index is -0.167. The summed E-state index contributed by atoms with van der Waals surface area (Å²) >= 11 is 3.30. The molecule has 20 heavy (non-hydrogen) atoms. The molecule has 1 aromatic rings. The van der Waals surface area contributed by atoms with Crippen LogP contribution < -0.4 is 11.1 Å². The first kappa shape index (κ1) is 15.3. The van der Waals surface area contributed by atoms with Crippen LogP contribution in [0.4, 0.5) is 5.82 Å². The number of carbonyl (C=O) groups excluding carboxylic acids is 1. The van der Waals surface area contributed by atoms with E-state index in [0.717, 1.165) is 17.6 Å². The number of piperidine rings is 1. The van der Waals surface area contributed by atoms with Crippen molar-refractivity contribution in [1.82, 2.24) is 15.2 Å². The molecule has 110 valence electrons. The zero-order chi connectivity index (χ0) is 14.5. The third-order valence-electron chi connectivity index (χ3n) is 3.70. The van der Waals surface area contributed by atoms with Gasteiger partial charge in [0.1, 0.15) is 5.82 Å². The third-order valence-corrected chi connectivity index (χ3v) is 4.14. The zero-order valence-electron chi connectivity index (χ0n) is 11.7. The Morgan fingerprint density at radius 1 is 1.50 bits per heavy atom. The fourth-order valence-corrected chi connectivity index (χ4v) is 2.79. The van der Waals surface area contributed by atoms with Crippen LogP contribution in [0.5, 0.6) is 0 Å². The van der Waals surface area contributed by atoms with Gasteiger partial charge in [-0.05, 0) is 54.9 Å². The second kappa shape index (κ2) is 7.04. The third kappa shape index (κ3) is 3.93. The highest BCUT2D eigenvalue weighted by Gasteiger charge is 2.18. The van der Waals surface area contributed by atoms with Gasteiger partial charge in [-0.1, -0.05) is 6.42 Å². The SMILES string of the molecule is CC(CNC(=O)c1cc(Br)cnc1N)N1CCCCC1. The predicted octanol–water partition coefficient (Wildman–Crippen LogP) is 2.03. The van der Waals surface area contributed by atoms with E-state index < -0.39 is 0 Å². The molecule has 1 fully saturated rings. The van der Waals surface area contributed by atoms with Crippen molar-refractivity contribution < 1.29 is 4.79 Å². The van der Waals surface area contributed by atoms with Crippen molar-refractivity contribution in [3.8, 4) is 0 Å². The van der Waals surface area contributed by atoms with Crippen LogP contribution >= 0.6 is 15.9 Å². The molecular formula is C14H21BrN4O.